The summed E-state index contributed by atoms with van der Waals surface area (Å²) in [6.07, 6.45) is 1.85. The van der Waals surface area contributed by atoms with Crippen molar-refractivity contribution in [1.29, 1.82) is 0 Å². The number of halogens is 1. The Morgan fingerprint density at radius 2 is 1.69 bits per heavy atom. The standard InChI is InChI=1S/C23H17BrN2O2S/c24-18-10-6-17(7-11-18)15-28-20-12-8-16(9-13-20)14-21-22(27)26-23(29-21)25-19-4-2-1-3-5-19/h1-14H,15H2,(H,25,26,27)/b21-14-. The molecule has 1 amide bonds. The highest BCUT2D eigenvalue weighted by atomic mass is 79.9. The van der Waals surface area contributed by atoms with Gasteiger partial charge in [-0.25, -0.2) is 4.99 Å². The topological polar surface area (TPSA) is 50.7 Å². The van der Waals surface area contributed by atoms with Crippen LogP contribution >= 0.6 is 27.7 Å². The van der Waals surface area contributed by atoms with Crippen LogP contribution in [0.2, 0.25) is 0 Å². The van der Waals surface area contributed by atoms with Gasteiger partial charge in [-0.05, 0) is 65.4 Å². The van der Waals surface area contributed by atoms with Gasteiger partial charge in [0.15, 0.2) is 5.17 Å². The molecular weight excluding hydrogens is 448 g/mol. The maximum absolute atomic E-state index is 12.2. The third-order valence-electron chi connectivity index (χ3n) is 4.13. The molecule has 0 aromatic heterocycles. The first-order chi connectivity index (χ1) is 14.2. The number of ether oxygens (including phenoxy) is 1. The van der Waals surface area contributed by atoms with Crippen molar-refractivity contribution in [3.63, 3.8) is 0 Å². The lowest BCUT2D eigenvalue weighted by atomic mass is 10.2. The van der Waals surface area contributed by atoms with Gasteiger partial charge in [0.2, 0.25) is 0 Å². The number of hydrogen-bond acceptors (Lipinski definition) is 4. The molecule has 144 valence electrons. The molecule has 1 N–H and O–H groups in total. The van der Waals surface area contributed by atoms with Gasteiger partial charge >= 0.3 is 0 Å². The van der Waals surface area contributed by atoms with Gasteiger partial charge in [-0.15, -0.1) is 0 Å². The summed E-state index contributed by atoms with van der Waals surface area (Å²) in [6, 6.07) is 25.3. The van der Waals surface area contributed by atoms with Crippen LogP contribution in [-0.4, -0.2) is 11.1 Å². The Bertz CT molecular complexity index is 1060. The van der Waals surface area contributed by atoms with Crippen LogP contribution in [0.5, 0.6) is 5.75 Å². The summed E-state index contributed by atoms with van der Waals surface area (Å²) in [5.74, 6) is 0.644. The SMILES string of the molecule is O=C1NC(=Nc2ccccc2)S/C1=C\c1ccc(OCc2ccc(Br)cc2)cc1. The zero-order valence-electron chi connectivity index (χ0n) is 15.3. The van der Waals surface area contributed by atoms with Gasteiger partial charge < -0.3 is 10.1 Å². The van der Waals surface area contributed by atoms with E-state index in [1.807, 2.05) is 84.9 Å². The molecule has 0 saturated carbocycles. The Morgan fingerprint density at radius 1 is 0.966 bits per heavy atom. The molecule has 0 atom stereocenters. The van der Waals surface area contributed by atoms with Crippen LogP contribution in [-0.2, 0) is 11.4 Å². The van der Waals surface area contributed by atoms with Crippen molar-refractivity contribution in [2.75, 3.05) is 0 Å². The molecule has 0 spiro atoms. The van der Waals surface area contributed by atoms with E-state index >= 15 is 0 Å². The van der Waals surface area contributed by atoms with Gasteiger partial charge in [-0.3, -0.25) is 4.79 Å². The zero-order valence-corrected chi connectivity index (χ0v) is 17.7. The molecule has 1 heterocycles. The second-order valence-electron chi connectivity index (χ2n) is 6.30. The van der Waals surface area contributed by atoms with Gasteiger partial charge in [0.1, 0.15) is 12.4 Å². The molecule has 1 aliphatic heterocycles. The van der Waals surface area contributed by atoms with Crippen molar-refractivity contribution < 1.29 is 9.53 Å². The van der Waals surface area contributed by atoms with Crippen LogP contribution in [0.1, 0.15) is 11.1 Å². The Balaban J connectivity index is 1.40. The van der Waals surface area contributed by atoms with Crippen LogP contribution in [0.4, 0.5) is 5.69 Å². The van der Waals surface area contributed by atoms with E-state index in [-0.39, 0.29) is 5.91 Å². The van der Waals surface area contributed by atoms with Crippen molar-refractivity contribution in [1.82, 2.24) is 5.32 Å². The van der Waals surface area contributed by atoms with Crippen molar-refractivity contribution in [3.05, 3.63) is 99.4 Å². The minimum absolute atomic E-state index is 0.139. The fraction of sp³-hybridized carbons (Fsp3) is 0.0435. The number of para-hydroxylation sites is 1. The van der Waals surface area contributed by atoms with Crippen LogP contribution in [0.15, 0.2) is 93.2 Å². The molecular formula is C23H17BrN2O2S. The molecule has 0 radical (unpaired) electrons. The molecule has 6 heteroatoms. The zero-order chi connectivity index (χ0) is 20.1. The second kappa shape index (κ2) is 9.11. The lowest BCUT2D eigenvalue weighted by Crippen LogP contribution is -2.19. The molecule has 1 saturated heterocycles. The van der Waals surface area contributed by atoms with E-state index in [0.717, 1.165) is 27.0 Å². The summed E-state index contributed by atoms with van der Waals surface area (Å²) in [4.78, 5) is 17.3. The van der Waals surface area contributed by atoms with E-state index in [2.05, 4.69) is 26.2 Å². The summed E-state index contributed by atoms with van der Waals surface area (Å²) < 4.78 is 6.87. The van der Waals surface area contributed by atoms with Gasteiger partial charge in [0.05, 0.1) is 10.6 Å². The Labute approximate surface area is 181 Å². The van der Waals surface area contributed by atoms with Gasteiger partial charge in [-0.1, -0.05) is 58.4 Å². The average molecular weight is 465 g/mol. The maximum atomic E-state index is 12.2. The molecule has 29 heavy (non-hydrogen) atoms. The van der Waals surface area contributed by atoms with Crippen LogP contribution < -0.4 is 10.1 Å². The van der Waals surface area contributed by atoms with Gasteiger partial charge in [-0.2, -0.15) is 0 Å². The molecule has 0 unspecified atom stereocenters. The first-order valence-corrected chi connectivity index (χ1v) is 10.6. The number of carbonyl (C=O) groups excluding carboxylic acids is 1. The third kappa shape index (κ3) is 5.37. The van der Waals surface area contributed by atoms with Crippen molar-refractivity contribution in [3.8, 4) is 5.75 Å². The molecule has 0 aliphatic carbocycles. The average Bonchev–Trinajstić information content (AvgIpc) is 3.08. The highest BCUT2D eigenvalue weighted by molar-refractivity contribution is 9.10. The number of nitrogens with zero attached hydrogens (tertiary/aromatic N) is 1. The first kappa shape index (κ1) is 19.5. The summed E-state index contributed by atoms with van der Waals surface area (Å²) in [7, 11) is 0. The predicted molar refractivity (Wildman–Crippen MR) is 122 cm³/mol. The Morgan fingerprint density at radius 3 is 2.41 bits per heavy atom. The lowest BCUT2D eigenvalue weighted by molar-refractivity contribution is -0.115. The van der Waals surface area contributed by atoms with Crippen molar-refractivity contribution in [2.24, 2.45) is 4.99 Å². The second-order valence-corrected chi connectivity index (χ2v) is 8.25. The highest BCUT2D eigenvalue weighted by Gasteiger charge is 2.23. The number of benzene rings is 3. The minimum atomic E-state index is -0.139. The lowest BCUT2D eigenvalue weighted by Gasteiger charge is -2.06. The molecule has 4 nitrogen and oxygen atoms in total. The van der Waals surface area contributed by atoms with Crippen LogP contribution in [0.25, 0.3) is 6.08 Å². The number of carbonyl (C=O) groups is 1. The Kier molecular flexibility index (Phi) is 6.12. The summed E-state index contributed by atoms with van der Waals surface area (Å²) in [5, 5.41) is 3.39. The molecule has 3 aromatic carbocycles. The number of hydrogen-bond donors (Lipinski definition) is 1. The highest BCUT2D eigenvalue weighted by Crippen LogP contribution is 2.28. The molecule has 1 fully saturated rings. The summed E-state index contributed by atoms with van der Waals surface area (Å²) >= 11 is 4.76. The monoisotopic (exact) mass is 464 g/mol. The molecule has 0 bridgehead atoms. The van der Waals surface area contributed by atoms with E-state index in [9.17, 15) is 4.79 Å². The quantitative estimate of drug-likeness (QED) is 0.476. The number of amidine groups is 1. The van der Waals surface area contributed by atoms with E-state index in [1.54, 1.807) is 0 Å². The molecule has 3 aromatic rings. The van der Waals surface area contributed by atoms with E-state index in [0.29, 0.717) is 16.7 Å². The van der Waals surface area contributed by atoms with E-state index in [4.69, 9.17) is 4.74 Å². The number of rotatable bonds is 5. The first-order valence-electron chi connectivity index (χ1n) is 8.98. The largest absolute Gasteiger partial charge is 0.489 e. The van der Waals surface area contributed by atoms with Gasteiger partial charge in [0, 0.05) is 4.47 Å². The summed E-state index contributed by atoms with van der Waals surface area (Å²) in [6.45, 7) is 0.505. The third-order valence-corrected chi connectivity index (χ3v) is 5.57. The Hall–Kier alpha value is -2.83. The molecule has 1 aliphatic rings. The number of amides is 1. The number of thioether (sulfide) groups is 1. The summed E-state index contributed by atoms with van der Waals surface area (Å²) in [5.41, 5.74) is 2.84. The van der Waals surface area contributed by atoms with Crippen LogP contribution in [0, 0.1) is 0 Å². The normalized spacial score (nSPS) is 16.2. The fourth-order valence-corrected chi connectivity index (χ4v) is 3.77. The van der Waals surface area contributed by atoms with Crippen molar-refractivity contribution >= 4 is 50.5 Å². The number of aliphatic imine (C=N–C) groups is 1. The molecule has 4 rings (SSSR count). The predicted octanol–water partition coefficient (Wildman–Crippen LogP) is 5.92. The van der Waals surface area contributed by atoms with Gasteiger partial charge in [0.25, 0.3) is 5.91 Å². The van der Waals surface area contributed by atoms with E-state index < -0.39 is 0 Å². The van der Waals surface area contributed by atoms with Crippen molar-refractivity contribution in [2.45, 2.75) is 6.61 Å². The van der Waals surface area contributed by atoms with Crippen LogP contribution in [0.3, 0.4) is 0 Å². The smallest absolute Gasteiger partial charge is 0.264 e. The minimum Gasteiger partial charge on any atom is -0.489 e. The fourth-order valence-electron chi connectivity index (χ4n) is 2.66. The maximum Gasteiger partial charge on any atom is 0.264 e. The van der Waals surface area contributed by atoms with E-state index in [1.165, 1.54) is 11.8 Å². The number of nitrogens with one attached hydrogen (secondary N) is 1.